The topological polar surface area (TPSA) is 118 Å². The first kappa shape index (κ1) is 17.9. The van der Waals surface area contributed by atoms with Crippen LogP contribution in [0.15, 0.2) is 41.0 Å². The van der Waals surface area contributed by atoms with Crippen LogP contribution in [-0.4, -0.2) is 47.0 Å². The number of halogens is 1. The highest BCUT2D eigenvalue weighted by atomic mass is 79.9. The van der Waals surface area contributed by atoms with Gasteiger partial charge < -0.3 is 20.9 Å². The van der Waals surface area contributed by atoms with E-state index in [-0.39, 0.29) is 17.5 Å². The maximum absolute atomic E-state index is 12.4. The number of rotatable bonds is 3. The van der Waals surface area contributed by atoms with Crippen LogP contribution in [0, 0.1) is 10.1 Å². The van der Waals surface area contributed by atoms with E-state index in [4.69, 9.17) is 5.73 Å². The Labute approximate surface area is 158 Å². The van der Waals surface area contributed by atoms with Crippen molar-refractivity contribution in [1.82, 2.24) is 9.88 Å². The number of nitro groups is 1. The second-order valence-corrected chi connectivity index (χ2v) is 6.57. The molecule has 0 bridgehead atoms. The van der Waals surface area contributed by atoms with E-state index in [2.05, 4.69) is 26.2 Å². The van der Waals surface area contributed by atoms with E-state index in [0.29, 0.717) is 36.3 Å². The summed E-state index contributed by atoms with van der Waals surface area (Å²) in [6.45, 7) is 1.77. The van der Waals surface area contributed by atoms with Gasteiger partial charge in [-0.05, 0) is 28.1 Å². The second kappa shape index (κ2) is 7.56. The van der Waals surface area contributed by atoms with Gasteiger partial charge in [0.05, 0.1) is 9.40 Å². The van der Waals surface area contributed by atoms with E-state index in [1.54, 1.807) is 4.90 Å². The second-order valence-electron chi connectivity index (χ2n) is 5.72. The number of carbonyl (C=O) groups excluding carboxylic acids is 1. The average Bonchev–Trinajstić information content (AvgIpc) is 2.64. The number of anilines is 3. The molecular formula is C16H17BrN6O3. The van der Waals surface area contributed by atoms with E-state index >= 15 is 0 Å². The standard InChI is InChI=1S/C16H17BrN6O3/c17-12-10-19-15(18)14(23(25)26)13(12)21-6-8-22(9-7-21)16(24)20-11-4-2-1-3-5-11/h1-5,10H,6-9H2,(H2,18,19)(H,20,24). The molecule has 0 aliphatic carbocycles. The number of nitrogens with two attached hydrogens (primary N) is 1. The molecule has 0 radical (unpaired) electrons. The number of pyridine rings is 1. The Bertz CT molecular complexity index is 824. The predicted octanol–water partition coefficient (Wildman–Crippen LogP) is 2.69. The van der Waals surface area contributed by atoms with Gasteiger partial charge >= 0.3 is 11.7 Å². The average molecular weight is 421 g/mol. The van der Waals surface area contributed by atoms with Gasteiger partial charge in [-0.2, -0.15) is 0 Å². The first-order valence-corrected chi connectivity index (χ1v) is 8.71. The molecule has 0 saturated carbocycles. The highest BCUT2D eigenvalue weighted by Crippen LogP contribution is 2.39. The number of para-hydroxylation sites is 1. The van der Waals surface area contributed by atoms with E-state index in [1.165, 1.54) is 6.20 Å². The van der Waals surface area contributed by atoms with Gasteiger partial charge in [0.1, 0.15) is 5.69 Å². The lowest BCUT2D eigenvalue weighted by Gasteiger charge is -2.36. The Morgan fingerprint density at radius 2 is 1.88 bits per heavy atom. The summed E-state index contributed by atoms with van der Waals surface area (Å²) in [7, 11) is 0. The Hall–Kier alpha value is -2.88. The maximum atomic E-state index is 12.4. The van der Waals surface area contributed by atoms with Crippen LogP contribution in [0.1, 0.15) is 0 Å². The molecule has 1 aromatic heterocycles. The van der Waals surface area contributed by atoms with Gasteiger partial charge in [0.25, 0.3) is 0 Å². The number of aromatic nitrogens is 1. The third-order valence-corrected chi connectivity index (χ3v) is 4.68. The van der Waals surface area contributed by atoms with Crippen molar-refractivity contribution in [1.29, 1.82) is 0 Å². The van der Waals surface area contributed by atoms with Crippen molar-refractivity contribution in [3.63, 3.8) is 0 Å². The SMILES string of the molecule is Nc1ncc(Br)c(N2CCN(C(=O)Nc3ccccc3)CC2)c1[N+](=O)[O-]. The number of carbonyl (C=O) groups is 1. The zero-order chi connectivity index (χ0) is 18.7. The Balaban J connectivity index is 1.70. The van der Waals surface area contributed by atoms with Crippen molar-refractivity contribution in [2.24, 2.45) is 0 Å². The summed E-state index contributed by atoms with van der Waals surface area (Å²) in [4.78, 5) is 30.5. The van der Waals surface area contributed by atoms with Crippen LogP contribution in [0.2, 0.25) is 0 Å². The molecule has 0 spiro atoms. The fourth-order valence-electron chi connectivity index (χ4n) is 2.82. The van der Waals surface area contributed by atoms with Gasteiger partial charge in [-0.1, -0.05) is 18.2 Å². The van der Waals surface area contributed by atoms with Crippen molar-refractivity contribution in [3.8, 4) is 0 Å². The highest BCUT2D eigenvalue weighted by molar-refractivity contribution is 9.10. The molecule has 3 N–H and O–H groups in total. The number of benzene rings is 1. The molecule has 1 saturated heterocycles. The van der Waals surface area contributed by atoms with Crippen LogP contribution in [0.3, 0.4) is 0 Å². The molecule has 2 amide bonds. The Morgan fingerprint density at radius 3 is 2.50 bits per heavy atom. The quantitative estimate of drug-likeness (QED) is 0.581. The predicted molar refractivity (Wildman–Crippen MR) is 102 cm³/mol. The number of hydrogen-bond acceptors (Lipinski definition) is 6. The minimum Gasteiger partial charge on any atom is -0.378 e. The zero-order valence-electron chi connectivity index (χ0n) is 13.8. The lowest BCUT2D eigenvalue weighted by atomic mass is 10.2. The minimum absolute atomic E-state index is 0.127. The van der Waals surface area contributed by atoms with Crippen LogP contribution in [0.5, 0.6) is 0 Å². The largest absolute Gasteiger partial charge is 0.378 e. The van der Waals surface area contributed by atoms with Crippen LogP contribution in [-0.2, 0) is 0 Å². The number of amides is 2. The molecule has 0 atom stereocenters. The van der Waals surface area contributed by atoms with Crippen molar-refractivity contribution >= 4 is 44.8 Å². The van der Waals surface area contributed by atoms with Crippen molar-refractivity contribution < 1.29 is 9.72 Å². The lowest BCUT2D eigenvalue weighted by Crippen LogP contribution is -2.50. The van der Waals surface area contributed by atoms with Gasteiger partial charge in [-0.15, -0.1) is 0 Å². The number of urea groups is 1. The van der Waals surface area contributed by atoms with Gasteiger partial charge in [-0.3, -0.25) is 10.1 Å². The minimum atomic E-state index is -0.531. The van der Waals surface area contributed by atoms with Gasteiger partial charge in [0.15, 0.2) is 0 Å². The van der Waals surface area contributed by atoms with Crippen LogP contribution in [0.4, 0.5) is 27.7 Å². The molecule has 3 rings (SSSR count). The first-order valence-electron chi connectivity index (χ1n) is 7.91. The Morgan fingerprint density at radius 1 is 1.23 bits per heavy atom. The molecule has 1 aliphatic heterocycles. The number of hydrogen-bond donors (Lipinski definition) is 2. The van der Waals surface area contributed by atoms with E-state index in [0.717, 1.165) is 5.69 Å². The van der Waals surface area contributed by atoms with E-state index in [1.807, 2.05) is 35.2 Å². The smallest absolute Gasteiger partial charge is 0.335 e. The van der Waals surface area contributed by atoms with Gasteiger partial charge in [0.2, 0.25) is 5.82 Å². The molecule has 1 fully saturated rings. The molecule has 1 aromatic carbocycles. The zero-order valence-corrected chi connectivity index (χ0v) is 15.3. The molecule has 9 nitrogen and oxygen atoms in total. The fourth-order valence-corrected chi connectivity index (χ4v) is 3.36. The van der Waals surface area contributed by atoms with Crippen LogP contribution < -0.4 is 16.0 Å². The molecule has 0 unspecified atom stereocenters. The molecule has 2 aromatic rings. The van der Waals surface area contributed by atoms with Gasteiger partial charge in [-0.25, -0.2) is 9.78 Å². The molecule has 26 heavy (non-hydrogen) atoms. The third-order valence-electron chi connectivity index (χ3n) is 4.10. The molecule has 2 heterocycles. The number of nitrogens with one attached hydrogen (secondary N) is 1. The summed E-state index contributed by atoms with van der Waals surface area (Å²) in [5.41, 5.74) is 6.58. The van der Waals surface area contributed by atoms with Crippen LogP contribution in [0.25, 0.3) is 0 Å². The summed E-state index contributed by atoms with van der Waals surface area (Å²) in [6.07, 6.45) is 1.45. The monoisotopic (exact) mass is 420 g/mol. The molecule has 1 aliphatic rings. The van der Waals surface area contributed by atoms with E-state index < -0.39 is 4.92 Å². The van der Waals surface area contributed by atoms with Gasteiger partial charge in [0, 0.05) is 38.1 Å². The highest BCUT2D eigenvalue weighted by Gasteiger charge is 2.30. The number of nitrogens with zero attached hydrogens (tertiary/aromatic N) is 4. The normalized spacial score (nSPS) is 14.2. The maximum Gasteiger partial charge on any atom is 0.335 e. The number of piperazine rings is 1. The first-order chi connectivity index (χ1) is 12.5. The lowest BCUT2D eigenvalue weighted by molar-refractivity contribution is -0.383. The fraction of sp³-hybridized carbons (Fsp3) is 0.250. The summed E-state index contributed by atoms with van der Waals surface area (Å²) in [6, 6.07) is 9.00. The molecule has 10 heteroatoms. The summed E-state index contributed by atoms with van der Waals surface area (Å²) >= 11 is 3.32. The summed E-state index contributed by atoms with van der Waals surface area (Å²) < 4.78 is 0.501. The van der Waals surface area contributed by atoms with Crippen molar-refractivity contribution in [2.45, 2.75) is 0 Å². The molecule has 136 valence electrons. The van der Waals surface area contributed by atoms with Crippen LogP contribution >= 0.6 is 15.9 Å². The van der Waals surface area contributed by atoms with E-state index in [9.17, 15) is 14.9 Å². The molecular weight excluding hydrogens is 404 g/mol. The van der Waals surface area contributed by atoms with Crippen molar-refractivity contribution in [2.75, 3.05) is 42.1 Å². The van der Waals surface area contributed by atoms with Crippen molar-refractivity contribution in [3.05, 3.63) is 51.1 Å². The summed E-state index contributed by atoms with van der Waals surface area (Å²) in [5.74, 6) is -0.127. The summed E-state index contributed by atoms with van der Waals surface area (Å²) in [5, 5.41) is 14.2. The Kier molecular flexibility index (Phi) is 5.21. The third kappa shape index (κ3) is 3.69. The number of nitrogen functional groups attached to an aromatic ring is 1.